The maximum atomic E-state index is 9.70. The number of hydrogen-bond donors (Lipinski definition) is 2. The van der Waals surface area contributed by atoms with Gasteiger partial charge in [0, 0.05) is 30.7 Å². The van der Waals surface area contributed by atoms with E-state index >= 15 is 0 Å². The summed E-state index contributed by atoms with van der Waals surface area (Å²) in [6.45, 7) is 3.96. The second-order valence-corrected chi connectivity index (χ2v) is 5.23. The Hall–Kier alpha value is -0.330. The van der Waals surface area contributed by atoms with Gasteiger partial charge in [0.25, 0.3) is 0 Å². The van der Waals surface area contributed by atoms with E-state index < -0.39 is 0 Å². The number of aliphatic hydroxyl groups excluding tert-OH is 1. The van der Waals surface area contributed by atoms with Gasteiger partial charge in [-0.05, 0) is 23.8 Å². The number of hydrogen-bond acceptors (Lipinski definition) is 4. The number of halogens is 2. The van der Waals surface area contributed by atoms with Crippen LogP contribution < -0.4 is 10.1 Å². The van der Waals surface area contributed by atoms with Gasteiger partial charge in [-0.1, -0.05) is 15.9 Å². The summed E-state index contributed by atoms with van der Waals surface area (Å²) in [6.07, 6.45) is 0. The summed E-state index contributed by atoms with van der Waals surface area (Å²) in [4.78, 5) is 2.30. The number of ether oxygens (including phenoxy) is 1. The van der Waals surface area contributed by atoms with Crippen LogP contribution in [0.2, 0.25) is 0 Å². The Balaban J connectivity index is 0.00000180. The molecular formula is C13H20BrClN2O2. The van der Waals surface area contributed by atoms with Gasteiger partial charge >= 0.3 is 0 Å². The van der Waals surface area contributed by atoms with Crippen LogP contribution in [0.15, 0.2) is 22.7 Å². The minimum atomic E-state index is 0. The number of methoxy groups -OCH3 is 1. The molecular weight excluding hydrogens is 332 g/mol. The highest BCUT2D eigenvalue weighted by molar-refractivity contribution is 9.10. The molecule has 0 radical (unpaired) electrons. The average molecular weight is 352 g/mol. The number of nitrogens with one attached hydrogen (secondary N) is 1. The van der Waals surface area contributed by atoms with Crippen LogP contribution in [0, 0.1) is 0 Å². The van der Waals surface area contributed by atoms with Gasteiger partial charge < -0.3 is 15.2 Å². The molecule has 0 bridgehead atoms. The number of piperazine rings is 1. The molecule has 1 aliphatic rings. The molecule has 1 aromatic carbocycles. The summed E-state index contributed by atoms with van der Waals surface area (Å²) in [7, 11) is 1.66. The Morgan fingerprint density at radius 1 is 1.42 bits per heavy atom. The van der Waals surface area contributed by atoms with Crippen molar-refractivity contribution in [2.24, 2.45) is 0 Å². The Kier molecular flexibility index (Phi) is 7.10. The molecule has 0 saturated carbocycles. The van der Waals surface area contributed by atoms with Gasteiger partial charge in [0.2, 0.25) is 0 Å². The van der Waals surface area contributed by atoms with Crippen molar-refractivity contribution in [3.8, 4) is 5.75 Å². The predicted molar refractivity (Wildman–Crippen MR) is 82.2 cm³/mol. The molecule has 6 heteroatoms. The van der Waals surface area contributed by atoms with Gasteiger partial charge in [-0.15, -0.1) is 12.4 Å². The van der Waals surface area contributed by atoms with E-state index in [0.29, 0.717) is 0 Å². The first-order chi connectivity index (χ1) is 8.76. The van der Waals surface area contributed by atoms with Crippen molar-refractivity contribution < 1.29 is 9.84 Å². The molecule has 1 aromatic rings. The highest BCUT2D eigenvalue weighted by atomic mass is 79.9. The molecule has 1 fully saturated rings. The molecule has 0 aliphatic carbocycles. The minimum absolute atomic E-state index is 0. The van der Waals surface area contributed by atoms with Crippen LogP contribution in [-0.4, -0.2) is 49.9 Å². The first kappa shape index (κ1) is 16.7. The van der Waals surface area contributed by atoms with E-state index in [2.05, 4.69) is 26.1 Å². The summed E-state index contributed by atoms with van der Waals surface area (Å²) in [5.74, 6) is 0.821. The SMILES string of the molecule is COc1ccc(Br)c([C@H](CO)N2CCNCC2)c1.Cl. The highest BCUT2D eigenvalue weighted by Crippen LogP contribution is 2.31. The Morgan fingerprint density at radius 3 is 2.68 bits per heavy atom. The maximum absolute atomic E-state index is 9.70. The second kappa shape index (κ2) is 8.07. The number of nitrogens with zero attached hydrogens (tertiary/aromatic N) is 1. The standard InChI is InChI=1S/C13H19BrN2O2.ClH/c1-18-10-2-3-12(14)11(8-10)13(9-17)16-6-4-15-5-7-16;/h2-3,8,13,15,17H,4-7,9H2,1H3;1H/t13-;/m0./s1. The van der Waals surface area contributed by atoms with Crippen LogP contribution in [0.25, 0.3) is 0 Å². The Labute approximate surface area is 128 Å². The quantitative estimate of drug-likeness (QED) is 0.868. The van der Waals surface area contributed by atoms with Crippen molar-refractivity contribution in [1.82, 2.24) is 10.2 Å². The lowest BCUT2D eigenvalue weighted by Gasteiger charge is -2.34. The second-order valence-electron chi connectivity index (χ2n) is 4.37. The summed E-state index contributed by atoms with van der Waals surface area (Å²) >= 11 is 3.56. The topological polar surface area (TPSA) is 44.7 Å². The van der Waals surface area contributed by atoms with Crippen molar-refractivity contribution in [2.75, 3.05) is 39.9 Å². The van der Waals surface area contributed by atoms with Gasteiger partial charge in [0.05, 0.1) is 19.8 Å². The van der Waals surface area contributed by atoms with Crippen molar-refractivity contribution in [1.29, 1.82) is 0 Å². The molecule has 1 saturated heterocycles. The minimum Gasteiger partial charge on any atom is -0.497 e. The van der Waals surface area contributed by atoms with E-state index in [1.807, 2.05) is 18.2 Å². The third-order valence-electron chi connectivity index (χ3n) is 3.33. The third-order valence-corrected chi connectivity index (χ3v) is 4.05. The third kappa shape index (κ3) is 4.07. The fourth-order valence-corrected chi connectivity index (χ4v) is 2.82. The van der Waals surface area contributed by atoms with E-state index in [9.17, 15) is 5.11 Å². The highest BCUT2D eigenvalue weighted by Gasteiger charge is 2.23. The normalized spacial score (nSPS) is 17.6. The van der Waals surface area contributed by atoms with Crippen molar-refractivity contribution in [2.45, 2.75) is 6.04 Å². The number of aliphatic hydroxyl groups is 1. The molecule has 0 spiro atoms. The lowest BCUT2D eigenvalue weighted by Crippen LogP contribution is -2.46. The van der Waals surface area contributed by atoms with Crippen LogP contribution in [0.5, 0.6) is 5.75 Å². The molecule has 19 heavy (non-hydrogen) atoms. The molecule has 0 aromatic heterocycles. The van der Waals surface area contributed by atoms with Crippen molar-refractivity contribution in [3.05, 3.63) is 28.2 Å². The fourth-order valence-electron chi connectivity index (χ4n) is 2.31. The Morgan fingerprint density at radius 2 is 2.11 bits per heavy atom. The fraction of sp³-hybridized carbons (Fsp3) is 0.538. The molecule has 108 valence electrons. The van der Waals surface area contributed by atoms with E-state index in [1.165, 1.54) is 0 Å². The summed E-state index contributed by atoms with van der Waals surface area (Å²) in [5, 5.41) is 13.0. The first-order valence-corrected chi connectivity index (χ1v) is 6.94. The average Bonchev–Trinajstić information content (AvgIpc) is 2.43. The number of rotatable bonds is 4. The molecule has 1 atom stereocenters. The smallest absolute Gasteiger partial charge is 0.119 e. The zero-order chi connectivity index (χ0) is 13.0. The Bertz CT molecular complexity index is 400. The lowest BCUT2D eigenvalue weighted by atomic mass is 10.0. The maximum Gasteiger partial charge on any atom is 0.119 e. The predicted octanol–water partition coefficient (Wildman–Crippen LogP) is 1.82. The molecule has 2 N–H and O–H groups in total. The van der Waals surface area contributed by atoms with E-state index in [1.54, 1.807) is 7.11 Å². The van der Waals surface area contributed by atoms with E-state index in [4.69, 9.17) is 4.74 Å². The molecule has 2 rings (SSSR count). The molecule has 1 aliphatic heterocycles. The summed E-state index contributed by atoms with van der Waals surface area (Å²) < 4.78 is 6.27. The molecule has 0 unspecified atom stereocenters. The van der Waals surface area contributed by atoms with Crippen LogP contribution in [0.4, 0.5) is 0 Å². The van der Waals surface area contributed by atoms with E-state index in [0.717, 1.165) is 42.0 Å². The van der Waals surface area contributed by atoms with Crippen LogP contribution in [0.1, 0.15) is 11.6 Å². The monoisotopic (exact) mass is 350 g/mol. The zero-order valence-electron chi connectivity index (χ0n) is 10.9. The van der Waals surface area contributed by atoms with Gasteiger partial charge in [0.15, 0.2) is 0 Å². The number of benzene rings is 1. The molecule has 4 nitrogen and oxygen atoms in total. The van der Waals surface area contributed by atoms with Crippen molar-refractivity contribution >= 4 is 28.3 Å². The first-order valence-electron chi connectivity index (χ1n) is 6.15. The van der Waals surface area contributed by atoms with Gasteiger partial charge in [-0.25, -0.2) is 0 Å². The lowest BCUT2D eigenvalue weighted by molar-refractivity contribution is 0.110. The largest absolute Gasteiger partial charge is 0.497 e. The van der Waals surface area contributed by atoms with Crippen LogP contribution >= 0.6 is 28.3 Å². The van der Waals surface area contributed by atoms with Crippen LogP contribution in [0.3, 0.4) is 0 Å². The molecule has 0 amide bonds. The summed E-state index contributed by atoms with van der Waals surface area (Å²) in [5.41, 5.74) is 1.08. The van der Waals surface area contributed by atoms with E-state index in [-0.39, 0.29) is 25.1 Å². The van der Waals surface area contributed by atoms with Crippen LogP contribution in [-0.2, 0) is 0 Å². The zero-order valence-corrected chi connectivity index (χ0v) is 13.3. The van der Waals surface area contributed by atoms with Gasteiger partial charge in [0.1, 0.15) is 5.75 Å². The summed E-state index contributed by atoms with van der Waals surface area (Å²) in [6, 6.07) is 5.91. The van der Waals surface area contributed by atoms with Crippen molar-refractivity contribution in [3.63, 3.8) is 0 Å². The van der Waals surface area contributed by atoms with Gasteiger partial charge in [-0.2, -0.15) is 0 Å². The molecule has 1 heterocycles. The van der Waals surface area contributed by atoms with Gasteiger partial charge in [-0.3, -0.25) is 4.90 Å².